The number of esters is 1. The molecule has 1 saturated heterocycles. The largest absolute Gasteiger partial charge is 0.457 e. The van der Waals surface area contributed by atoms with Crippen LogP contribution in [0.3, 0.4) is 0 Å². The number of benzene rings is 5. The van der Waals surface area contributed by atoms with Crippen molar-refractivity contribution >= 4 is 35.1 Å². The minimum absolute atomic E-state index is 0.0328. The number of rotatable bonds is 7. The van der Waals surface area contributed by atoms with Gasteiger partial charge in [0.25, 0.3) is 5.91 Å². The van der Waals surface area contributed by atoms with Gasteiger partial charge < -0.3 is 14.8 Å². The van der Waals surface area contributed by atoms with E-state index in [2.05, 4.69) is 5.32 Å². The van der Waals surface area contributed by atoms with Gasteiger partial charge in [0.15, 0.2) is 6.61 Å². The van der Waals surface area contributed by atoms with E-state index in [1.807, 2.05) is 78.9 Å². The molecule has 8 heteroatoms. The molecule has 2 bridgehead atoms. The zero-order chi connectivity index (χ0) is 32.1. The molecule has 3 aliphatic carbocycles. The van der Waals surface area contributed by atoms with E-state index in [1.54, 1.807) is 42.5 Å². The molecule has 9 rings (SSSR count). The summed E-state index contributed by atoms with van der Waals surface area (Å²) in [6.45, 7) is -0.558. The number of hydrogen-bond acceptors (Lipinski definition) is 6. The summed E-state index contributed by atoms with van der Waals surface area (Å²) in [6.07, 6.45) is 0. The number of nitrogens with zero attached hydrogens (tertiary/aromatic N) is 1. The molecule has 8 nitrogen and oxygen atoms in total. The van der Waals surface area contributed by atoms with Crippen LogP contribution in [0.2, 0.25) is 0 Å². The van der Waals surface area contributed by atoms with E-state index in [0.29, 0.717) is 17.2 Å². The van der Waals surface area contributed by atoms with Gasteiger partial charge in [0.1, 0.15) is 11.5 Å². The number of imide groups is 1. The van der Waals surface area contributed by atoms with E-state index in [-0.39, 0.29) is 34.9 Å². The summed E-state index contributed by atoms with van der Waals surface area (Å²) < 4.78 is 11.2. The molecule has 0 saturated carbocycles. The highest BCUT2D eigenvalue weighted by atomic mass is 16.5. The van der Waals surface area contributed by atoms with Crippen molar-refractivity contribution in [1.82, 2.24) is 0 Å². The second-order valence-corrected chi connectivity index (χ2v) is 11.9. The molecule has 1 aliphatic heterocycles. The Morgan fingerprint density at radius 1 is 0.596 bits per heavy atom. The lowest BCUT2D eigenvalue weighted by Gasteiger charge is -2.45. The molecule has 0 radical (unpaired) electrons. The Kier molecular flexibility index (Phi) is 6.90. The second kappa shape index (κ2) is 11.4. The van der Waals surface area contributed by atoms with Crippen LogP contribution < -0.4 is 15.0 Å². The molecule has 1 heterocycles. The molecule has 5 aromatic rings. The van der Waals surface area contributed by atoms with Crippen molar-refractivity contribution in [2.45, 2.75) is 11.8 Å². The Morgan fingerprint density at radius 2 is 1.09 bits per heavy atom. The molecule has 3 amide bonds. The van der Waals surface area contributed by atoms with Gasteiger partial charge in [0.2, 0.25) is 11.8 Å². The monoisotopic (exact) mass is 620 g/mol. The van der Waals surface area contributed by atoms with E-state index < -0.39 is 30.3 Å². The Balaban J connectivity index is 0.990. The number of ether oxygens (including phenoxy) is 2. The molecule has 0 unspecified atom stereocenters. The number of amides is 3. The van der Waals surface area contributed by atoms with Gasteiger partial charge in [-0.15, -0.1) is 0 Å². The molecule has 4 aliphatic rings. The van der Waals surface area contributed by atoms with Crippen molar-refractivity contribution in [3.05, 3.63) is 155 Å². The van der Waals surface area contributed by atoms with Gasteiger partial charge in [-0.2, -0.15) is 0 Å². The first-order chi connectivity index (χ1) is 23.0. The topological polar surface area (TPSA) is 102 Å². The number of hydrogen-bond donors (Lipinski definition) is 1. The number of nitrogens with one attached hydrogen (secondary N) is 1. The van der Waals surface area contributed by atoms with Crippen LogP contribution >= 0.6 is 0 Å². The fourth-order valence-corrected chi connectivity index (χ4v) is 7.39. The fourth-order valence-electron chi connectivity index (χ4n) is 7.39. The van der Waals surface area contributed by atoms with Crippen molar-refractivity contribution in [3.8, 4) is 11.5 Å². The maximum absolute atomic E-state index is 14.2. The summed E-state index contributed by atoms with van der Waals surface area (Å²) >= 11 is 0. The van der Waals surface area contributed by atoms with E-state index >= 15 is 0 Å². The van der Waals surface area contributed by atoms with Crippen molar-refractivity contribution in [1.29, 1.82) is 0 Å². The van der Waals surface area contributed by atoms with Crippen LogP contribution in [-0.2, 0) is 19.1 Å². The van der Waals surface area contributed by atoms with Crippen LogP contribution in [0.25, 0.3) is 0 Å². The van der Waals surface area contributed by atoms with Gasteiger partial charge >= 0.3 is 5.97 Å². The standard InChI is InChI=1S/C39H28N2O6/c42-32(40-23-18-20-25(21-19-23)47-24-10-2-1-3-11-24)22-46-39(45)30-16-8-9-17-31(30)41-37(43)35-33-26-12-4-5-13-27(26)34(36(35)38(41)44)29-15-7-6-14-28(29)33/h1-21,33-36H,22H2,(H,40,42)/t33?,34?,35-,36-/m1/s1. The summed E-state index contributed by atoms with van der Waals surface area (Å²) in [5.41, 5.74) is 4.96. The van der Waals surface area contributed by atoms with Crippen LogP contribution in [0.4, 0.5) is 11.4 Å². The molecule has 0 aromatic heterocycles. The fraction of sp³-hybridized carbons (Fsp3) is 0.128. The number of carbonyl (C=O) groups excluding carboxylic acids is 4. The SMILES string of the molecule is O=C(COC(=O)c1ccccc1N1C(=O)[C@@H]2C3c4ccccc4C(c4ccccc43)[C@H]2C1=O)Nc1ccc(Oc2ccccc2)cc1. The maximum Gasteiger partial charge on any atom is 0.340 e. The molecular formula is C39H28N2O6. The molecule has 47 heavy (non-hydrogen) atoms. The van der Waals surface area contributed by atoms with Crippen molar-refractivity contribution in [2.75, 3.05) is 16.8 Å². The lowest BCUT2D eigenvalue weighted by molar-refractivity contribution is -0.122. The summed E-state index contributed by atoms with van der Waals surface area (Å²) in [5, 5.41) is 2.70. The van der Waals surface area contributed by atoms with Crippen LogP contribution in [0.5, 0.6) is 11.5 Å². The minimum Gasteiger partial charge on any atom is -0.457 e. The van der Waals surface area contributed by atoms with E-state index in [4.69, 9.17) is 9.47 Å². The molecule has 1 N–H and O–H groups in total. The minimum atomic E-state index is -0.813. The summed E-state index contributed by atoms with van der Waals surface area (Å²) in [4.78, 5) is 55.6. The summed E-state index contributed by atoms with van der Waals surface area (Å²) in [7, 11) is 0. The highest BCUT2D eigenvalue weighted by molar-refractivity contribution is 6.25. The highest BCUT2D eigenvalue weighted by Gasteiger charge is 2.62. The predicted octanol–water partition coefficient (Wildman–Crippen LogP) is 6.67. The lowest BCUT2D eigenvalue weighted by atomic mass is 9.55. The normalized spacial score (nSPS) is 20.2. The second-order valence-electron chi connectivity index (χ2n) is 11.9. The molecule has 1 fully saturated rings. The van der Waals surface area contributed by atoms with Crippen molar-refractivity contribution < 1.29 is 28.7 Å². The first-order valence-corrected chi connectivity index (χ1v) is 15.4. The Morgan fingerprint density at radius 3 is 1.66 bits per heavy atom. The third-order valence-corrected chi connectivity index (χ3v) is 9.26. The predicted molar refractivity (Wildman–Crippen MR) is 174 cm³/mol. The van der Waals surface area contributed by atoms with Crippen LogP contribution in [0, 0.1) is 11.8 Å². The van der Waals surface area contributed by atoms with Crippen LogP contribution in [-0.4, -0.2) is 30.3 Å². The number of anilines is 2. The molecule has 5 aromatic carbocycles. The highest BCUT2D eigenvalue weighted by Crippen LogP contribution is 2.61. The van der Waals surface area contributed by atoms with Crippen molar-refractivity contribution in [3.63, 3.8) is 0 Å². The maximum atomic E-state index is 14.2. The zero-order valence-electron chi connectivity index (χ0n) is 25.0. The number of carbonyl (C=O) groups is 4. The lowest BCUT2D eigenvalue weighted by Crippen LogP contribution is -2.41. The molecular weight excluding hydrogens is 592 g/mol. The van der Waals surface area contributed by atoms with E-state index in [1.165, 1.54) is 6.07 Å². The van der Waals surface area contributed by atoms with E-state index in [9.17, 15) is 19.2 Å². The van der Waals surface area contributed by atoms with Crippen LogP contribution in [0.1, 0.15) is 44.4 Å². The smallest absolute Gasteiger partial charge is 0.340 e. The zero-order valence-corrected chi connectivity index (χ0v) is 25.0. The third-order valence-electron chi connectivity index (χ3n) is 9.26. The summed E-state index contributed by atoms with van der Waals surface area (Å²) in [6, 6.07) is 38.5. The van der Waals surface area contributed by atoms with Gasteiger partial charge in [0.05, 0.1) is 23.1 Å². The quantitative estimate of drug-likeness (QED) is 0.161. The Bertz CT molecular complexity index is 1940. The van der Waals surface area contributed by atoms with Crippen molar-refractivity contribution in [2.24, 2.45) is 11.8 Å². The number of para-hydroxylation sites is 2. The third kappa shape index (κ3) is 4.77. The van der Waals surface area contributed by atoms with Gasteiger partial charge in [-0.3, -0.25) is 14.4 Å². The Hall–Kier alpha value is -6.02. The Labute approximate surface area is 270 Å². The molecule has 230 valence electrons. The average molecular weight is 621 g/mol. The molecule has 2 atom stereocenters. The van der Waals surface area contributed by atoms with E-state index in [0.717, 1.165) is 27.2 Å². The van der Waals surface area contributed by atoms with Gasteiger partial charge in [-0.1, -0.05) is 78.9 Å². The summed E-state index contributed by atoms with van der Waals surface area (Å²) in [5.74, 6) is -2.44. The van der Waals surface area contributed by atoms with Gasteiger partial charge in [-0.25, -0.2) is 9.69 Å². The molecule has 0 spiro atoms. The first-order valence-electron chi connectivity index (χ1n) is 15.4. The average Bonchev–Trinajstić information content (AvgIpc) is 3.38. The van der Waals surface area contributed by atoms with Crippen LogP contribution in [0.15, 0.2) is 127 Å². The van der Waals surface area contributed by atoms with Gasteiger partial charge in [-0.05, 0) is 70.8 Å². The first kappa shape index (κ1) is 28.5. The van der Waals surface area contributed by atoms with Gasteiger partial charge in [0, 0.05) is 17.5 Å².